The number of aliphatic hydroxyl groups is 1. The molecule has 0 spiro atoms. The van der Waals surface area contributed by atoms with Crippen molar-refractivity contribution in [3.63, 3.8) is 0 Å². The third-order valence-corrected chi connectivity index (χ3v) is 10.2. The molecule has 3 aromatic carbocycles. The molecular formula is C24H32O5P2. The second-order valence-corrected chi connectivity index (χ2v) is 12.9. The minimum absolute atomic E-state index is 0.234. The second kappa shape index (κ2) is 11.2. The van der Waals surface area contributed by atoms with Crippen LogP contribution in [0.1, 0.15) is 23.1 Å². The first-order chi connectivity index (χ1) is 14.6. The SMILES string of the molecule is Cc1cccc([PH](CCCO)(c2cccc(C)c2)c2cccc(C)c2)c1.O=P(O)(O)O. The molecule has 4 N–H and O–H groups in total. The fraction of sp³-hybridized carbons (Fsp3) is 0.250. The molecule has 0 aliphatic carbocycles. The summed E-state index contributed by atoms with van der Waals surface area (Å²) in [6.45, 7) is 6.74. The molecule has 0 unspecified atom stereocenters. The van der Waals surface area contributed by atoms with Crippen molar-refractivity contribution in [3.8, 4) is 0 Å². The van der Waals surface area contributed by atoms with E-state index in [1.807, 2.05) is 0 Å². The van der Waals surface area contributed by atoms with Crippen LogP contribution in [0.15, 0.2) is 72.8 Å². The average Bonchev–Trinajstić information content (AvgIpc) is 2.68. The fourth-order valence-corrected chi connectivity index (χ4v) is 9.13. The molecule has 31 heavy (non-hydrogen) atoms. The van der Waals surface area contributed by atoms with Gasteiger partial charge in [0.1, 0.15) is 0 Å². The summed E-state index contributed by atoms with van der Waals surface area (Å²) in [6.07, 6.45) is 1.84. The molecule has 0 aromatic heterocycles. The summed E-state index contributed by atoms with van der Waals surface area (Å²) in [7, 11) is -6.84. The molecule has 0 saturated heterocycles. The predicted molar refractivity (Wildman–Crippen MR) is 132 cm³/mol. The van der Waals surface area contributed by atoms with E-state index in [0.717, 1.165) is 12.6 Å². The first-order valence-corrected chi connectivity index (χ1v) is 13.9. The second-order valence-electron chi connectivity index (χ2n) is 7.85. The zero-order valence-electron chi connectivity index (χ0n) is 18.2. The van der Waals surface area contributed by atoms with Gasteiger partial charge in [-0.1, -0.05) is 0 Å². The molecule has 0 aliphatic heterocycles. The topological polar surface area (TPSA) is 98.0 Å². The van der Waals surface area contributed by atoms with Crippen molar-refractivity contribution in [1.82, 2.24) is 0 Å². The van der Waals surface area contributed by atoms with Gasteiger partial charge in [-0.05, 0) is 0 Å². The minimum atomic E-state index is -4.64. The molecule has 0 saturated carbocycles. The standard InChI is InChI=1S/C24H29OP.H3O4P/c1-19-8-4-11-22(16-19)26(15-7-14-25,23-12-5-9-20(2)17-23)24-13-6-10-21(3)18-24;1-5(2,3)4/h4-6,8-13,16-18,25-26H,7,14-15H2,1-3H3;(H3,1,2,3,4). The molecule has 3 rings (SSSR count). The average molecular weight is 462 g/mol. The van der Waals surface area contributed by atoms with Crippen LogP contribution in [0.4, 0.5) is 0 Å². The summed E-state index contributed by atoms with van der Waals surface area (Å²) in [5.41, 5.74) is 3.89. The van der Waals surface area contributed by atoms with E-state index in [-0.39, 0.29) is 6.61 Å². The van der Waals surface area contributed by atoms with Crippen LogP contribution >= 0.6 is 15.1 Å². The van der Waals surface area contributed by atoms with E-state index in [4.69, 9.17) is 19.2 Å². The fourth-order valence-electron chi connectivity index (χ4n) is 4.01. The number of hydrogen-bond acceptors (Lipinski definition) is 2. The van der Waals surface area contributed by atoms with E-state index in [0.29, 0.717) is 0 Å². The first-order valence-electron chi connectivity index (χ1n) is 10.2. The van der Waals surface area contributed by atoms with Gasteiger partial charge in [-0.25, -0.2) is 4.57 Å². The van der Waals surface area contributed by atoms with Crippen LogP contribution in [0.3, 0.4) is 0 Å². The van der Waals surface area contributed by atoms with E-state index < -0.39 is 15.1 Å². The molecular weight excluding hydrogens is 430 g/mol. The molecule has 5 nitrogen and oxygen atoms in total. The summed E-state index contributed by atoms with van der Waals surface area (Å²) in [5.74, 6) is 0. The largest absolute Gasteiger partial charge is 0.466 e. The van der Waals surface area contributed by atoms with E-state index in [2.05, 4.69) is 93.6 Å². The third-order valence-electron chi connectivity index (χ3n) is 5.24. The quantitative estimate of drug-likeness (QED) is 0.422. The maximum Gasteiger partial charge on any atom is 0.466 e. The van der Waals surface area contributed by atoms with E-state index in [1.165, 1.54) is 32.6 Å². The van der Waals surface area contributed by atoms with Crippen LogP contribution in [0, 0.1) is 20.8 Å². The Labute approximate surface area is 185 Å². The predicted octanol–water partition coefficient (Wildman–Crippen LogP) is 3.09. The van der Waals surface area contributed by atoms with E-state index in [1.54, 1.807) is 0 Å². The van der Waals surface area contributed by atoms with Gasteiger partial charge >= 0.3 is 166 Å². The molecule has 0 heterocycles. The Morgan fingerprint density at radius 2 is 1.03 bits per heavy atom. The summed E-state index contributed by atoms with van der Waals surface area (Å²) in [5, 5.41) is 14.0. The normalized spacial score (nSPS) is 12.1. The number of phosphoric acid groups is 1. The van der Waals surface area contributed by atoms with Crippen molar-refractivity contribution in [2.45, 2.75) is 27.2 Å². The molecule has 0 atom stereocenters. The molecule has 3 aromatic rings. The maximum absolute atomic E-state index is 9.66. The summed E-state index contributed by atoms with van der Waals surface area (Å²) in [4.78, 5) is 21.6. The maximum atomic E-state index is 9.66. The van der Waals surface area contributed by atoms with Gasteiger partial charge in [0, 0.05) is 0 Å². The molecule has 0 aliphatic rings. The zero-order valence-corrected chi connectivity index (χ0v) is 20.1. The van der Waals surface area contributed by atoms with Crippen molar-refractivity contribution < 1.29 is 24.4 Å². The Morgan fingerprint density at radius 1 is 0.710 bits per heavy atom. The Bertz CT molecular complexity index is 926. The van der Waals surface area contributed by atoms with Gasteiger partial charge in [0.2, 0.25) is 0 Å². The van der Waals surface area contributed by atoms with Crippen molar-refractivity contribution >= 4 is 31.0 Å². The van der Waals surface area contributed by atoms with Gasteiger partial charge in [0.05, 0.1) is 0 Å². The summed E-state index contributed by atoms with van der Waals surface area (Å²) in [6, 6.07) is 27.0. The monoisotopic (exact) mass is 462 g/mol. The molecule has 0 fully saturated rings. The van der Waals surface area contributed by atoms with Gasteiger partial charge in [-0.15, -0.1) is 0 Å². The van der Waals surface area contributed by atoms with Crippen molar-refractivity contribution in [1.29, 1.82) is 0 Å². The van der Waals surface area contributed by atoms with E-state index in [9.17, 15) is 5.11 Å². The van der Waals surface area contributed by atoms with Crippen LogP contribution in [-0.4, -0.2) is 32.6 Å². The van der Waals surface area contributed by atoms with Crippen LogP contribution in [0.25, 0.3) is 0 Å². The van der Waals surface area contributed by atoms with E-state index >= 15 is 0 Å². The van der Waals surface area contributed by atoms with Crippen LogP contribution in [0.5, 0.6) is 0 Å². The van der Waals surface area contributed by atoms with Crippen molar-refractivity contribution in [3.05, 3.63) is 89.5 Å². The number of rotatable bonds is 6. The van der Waals surface area contributed by atoms with Gasteiger partial charge in [0.25, 0.3) is 0 Å². The number of benzene rings is 3. The number of hydrogen-bond donors (Lipinski definition) is 4. The summed E-state index contributed by atoms with van der Waals surface area (Å²) < 4.78 is 8.88. The molecule has 0 amide bonds. The summed E-state index contributed by atoms with van der Waals surface area (Å²) >= 11 is 0. The Morgan fingerprint density at radius 3 is 1.29 bits per heavy atom. The van der Waals surface area contributed by atoms with Gasteiger partial charge in [-0.2, -0.15) is 0 Å². The molecule has 0 radical (unpaired) electrons. The molecule has 0 bridgehead atoms. The zero-order chi connectivity index (χ0) is 23.1. The third kappa shape index (κ3) is 7.36. The molecule has 168 valence electrons. The minimum Gasteiger partial charge on any atom is -0.303 e. The van der Waals surface area contributed by atoms with Crippen molar-refractivity contribution in [2.75, 3.05) is 12.8 Å². The van der Waals surface area contributed by atoms with Gasteiger partial charge < -0.3 is 14.7 Å². The Balaban J connectivity index is 0.000000614. The first kappa shape index (κ1) is 25.4. The van der Waals surface area contributed by atoms with Crippen LogP contribution in [-0.2, 0) is 4.57 Å². The molecule has 7 heteroatoms. The number of aliphatic hydroxyl groups excluding tert-OH is 1. The van der Waals surface area contributed by atoms with Gasteiger partial charge in [0.15, 0.2) is 0 Å². The Hall–Kier alpha value is -1.84. The van der Waals surface area contributed by atoms with Crippen LogP contribution in [0.2, 0.25) is 0 Å². The van der Waals surface area contributed by atoms with Gasteiger partial charge in [-0.3, -0.25) is 0 Å². The number of aryl methyl sites for hydroxylation is 3. The smallest absolute Gasteiger partial charge is 0.303 e. The van der Waals surface area contributed by atoms with Crippen molar-refractivity contribution in [2.24, 2.45) is 0 Å². The Kier molecular flexibility index (Phi) is 9.14. The van der Waals surface area contributed by atoms with Crippen LogP contribution < -0.4 is 15.9 Å².